The lowest BCUT2D eigenvalue weighted by atomic mass is 10.2. The molecular formula is C20H19ClN6O. The van der Waals surface area contributed by atoms with Gasteiger partial charge in [0.05, 0.1) is 24.5 Å². The van der Waals surface area contributed by atoms with Crippen LogP contribution < -0.4 is 5.32 Å². The zero-order chi connectivity index (χ0) is 19.7. The van der Waals surface area contributed by atoms with Gasteiger partial charge in [0.2, 0.25) is 0 Å². The smallest absolute Gasteiger partial charge is 0.258 e. The number of nitrogens with one attached hydrogen (secondary N) is 1. The van der Waals surface area contributed by atoms with Crippen LogP contribution >= 0.6 is 11.6 Å². The van der Waals surface area contributed by atoms with E-state index >= 15 is 0 Å². The monoisotopic (exact) mass is 394 g/mol. The fourth-order valence-corrected chi connectivity index (χ4v) is 3.18. The summed E-state index contributed by atoms with van der Waals surface area (Å²) < 4.78 is 3.53. The fourth-order valence-electron chi connectivity index (χ4n) is 2.98. The van der Waals surface area contributed by atoms with E-state index in [4.69, 9.17) is 11.6 Å². The van der Waals surface area contributed by atoms with Gasteiger partial charge in [-0.2, -0.15) is 10.2 Å². The largest absolute Gasteiger partial charge is 0.307 e. The number of nitrogens with zero attached hydrogens (tertiary/aromatic N) is 5. The second kappa shape index (κ2) is 7.44. The number of halogens is 1. The first-order chi connectivity index (χ1) is 13.5. The first-order valence-electron chi connectivity index (χ1n) is 8.93. The van der Waals surface area contributed by atoms with Crippen LogP contribution in [0.1, 0.15) is 35.8 Å². The predicted octanol–water partition coefficient (Wildman–Crippen LogP) is 4.16. The fraction of sp³-hybridized carbons (Fsp3) is 0.200. The van der Waals surface area contributed by atoms with Crippen LogP contribution in [-0.4, -0.2) is 30.5 Å². The number of aromatic nitrogens is 5. The molecule has 0 saturated carbocycles. The van der Waals surface area contributed by atoms with Crippen molar-refractivity contribution in [2.24, 2.45) is 0 Å². The second-order valence-corrected chi connectivity index (χ2v) is 7.15. The van der Waals surface area contributed by atoms with Crippen molar-refractivity contribution in [1.29, 1.82) is 0 Å². The lowest BCUT2D eigenvalue weighted by Gasteiger charge is -2.10. The highest BCUT2D eigenvalue weighted by molar-refractivity contribution is 6.31. The van der Waals surface area contributed by atoms with Gasteiger partial charge in [0.15, 0.2) is 5.65 Å². The summed E-state index contributed by atoms with van der Waals surface area (Å²) in [5.74, 6) is 0.329. The maximum absolute atomic E-state index is 12.7. The van der Waals surface area contributed by atoms with E-state index in [1.807, 2.05) is 42.8 Å². The Morgan fingerprint density at radius 2 is 2.00 bits per heavy atom. The lowest BCUT2D eigenvalue weighted by Crippen LogP contribution is -2.16. The highest BCUT2D eigenvalue weighted by Crippen LogP contribution is 2.20. The molecule has 0 bridgehead atoms. The maximum Gasteiger partial charge on any atom is 0.258 e. The molecule has 0 radical (unpaired) electrons. The molecular weight excluding hydrogens is 376 g/mol. The van der Waals surface area contributed by atoms with Crippen LogP contribution in [0.15, 0.2) is 55.0 Å². The molecule has 0 unspecified atom stereocenters. The van der Waals surface area contributed by atoms with Gasteiger partial charge in [0.1, 0.15) is 5.82 Å². The summed E-state index contributed by atoms with van der Waals surface area (Å²) in [6, 6.07) is 11.3. The van der Waals surface area contributed by atoms with Crippen molar-refractivity contribution in [3.05, 3.63) is 71.1 Å². The van der Waals surface area contributed by atoms with Crippen molar-refractivity contribution in [2.45, 2.75) is 26.4 Å². The number of carbonyl (C=O) groups is 1. The third kappa shape index (κ3) is 3.48. The van der Waals surface area contributed by atoms with Crippen molar-refractivity contribution < 1.29 is 4.79 Å². The maximum atomic E-state index is 12.7. The minimum Gasteiger partial charge on any atom is -0.307 e. The zero-order valence-corrected chi connectivity index (χ0v) is 16.3. The summed E-state index contributed by atoms with van der Waals surface area (Å²) in [6.45, 7) is 4.53. The van der Waals surface area contributed by atoms with Crippen molar-refractivity contribution >= 4 is 34.4 Å². The van der Waals surface area contributed by atoms with E-state index in [0.717, 1.165) is 16.6 Å². The molecule has 0 fully saturated rings. The van der Waals surface area contributed by atoms with Crippen LogP contribution in [0.5, 0.6) is 0 Å². The van der Waals surface area contributed by atoms with E-state index in [1.54, 1.807) is 35.4 Å². The van der Waals surface area contributed by atoms with Gasteiger partial charge in [-0.3, -0.25) is 4.79 Å². The van der Waals surface area contributed by atoms with Crippen LogP contribution in [0.4, 0.5) is 5.82 Å². The van der Waals surface area contributed by atoms with E-state index in [0.29, 0.717) is 22.9 Å². The molecule has 3 aromatic heterocycles. The number of anilines is 1. The lowest BCUT2D eigenvalue weighted by molar-refractivity contribution is 0.102. The van der Waals surface area contributed by atoms with Crippen LogP contribution in [0.25, 0.3) is 11.0 Å². The summed E-state index contributed by atoms with van der Waals surface area (Å²) in [7, 11) is 0. The summed E-state index contributed by atoms with van der Waals surface area (Å²) >= 11 is 6.23. The molecule has 0 aliphatic heterocycles. The molecule has 0 aliphatic carbocycles. The first-order valence-corrected chi connectivity index (χ1v) is 9.30. The molecule has 0 saturated heterocycles. The number of rotatable bonds is 5. The summed E-state index contributed by atoms with van der Waals surface area (Å²) in [6.07, 6.45) is 4.92. The van der Waals surface area contributed by atoms with Gasteiger partial charge in [-0.05, 0) is 31.5 Å². The van der Waals surface area contributed by atoms with Crippen LogP contribution in [-0.2, 0) is 6.54 Å². The molecule has 4 rings (SSSR count). The van der Waals surface area contributed by atoms with Crippen LogP contribution in [0.2, 0.25) is 5.02 Å². The third-order valence-electron chi connectivity index (χ3n) is 4.42. The van der Waals surface area contributed by atoms with E-state index < -0.39 is 0 Å². The molecule has 142 valence electrons. The number of carbonyl (C=O) groups excluding carboxylic acids is 1. The van der Waals surface area contributed by atoms with E-state index in [2.05, 4.69) is 20.5 Å². The quantitative estimate of drug-likeness (QED) is 0.551. The minimum absolute atomic E-state index is 0.198. The van der Waals surface area contributed by atoms with Gasteiger partial charge in [-0.1, -0.05) is 29.8 Å². The molecule has 1 N–H and O–H groups in total. The molecule has 8 heteroatoms. The average molecular weight is 395 g/mol. The predicted molar refractivity (Wildman–Crippen MR) is 109 cm³/mol. The van der Waals surface area contributed by atoms with Crippen molar-refractivity contribution in [2.75, 3.05) is 5.32 Å². The minimum atomic E-state index is -0.257. The Hall–Kier alpha value is -3.19. The van der Waals surface area contributed by atoms with E-state index in [-0.39, 0.29) is 11.9 Å². The number of hydrogen-bond acceptors (Lipinski definition) is 4. The van der Waals surface area contributed by atoms with Gasteiger partial charge >= 0.3 is 0 Å². The molecule has 0 spiro atoms. The first kappa shape index (κ1) is 18.2. The Morgan fingerprint density at radius 1 is 1.18 bits per heavy atom. The Bertz CT molecular complexity index is 1150. The number of fused-ring (bicyclic) bond motifs is 1. The molecule has 0 aliphatic rings. The zero-order valence-electron chi connectivity index (χ0n) is 15.5. The molecule has 28 heavy (non-hydrogen) atoms. The average Bonchev–Trinajstić information content (AvgIpc) is 3.30. The highest BCUT2D eigenvalue weighted by Gasteiger charge is 2.14. The van der Waals surface area contributed by atoms with Crippen LogP contribution in [0, 0.1) is 0 Å². The summed E-state index contributed by atoms with van der Waals surface area (Å²) in [5.41, 5.74) is 2.14. The van der Waals surface area contributed by atoms with Crippen molar-refractivity contribution in [3.8, 4) is 0 Å². The Labute approximate surface area is 167 Å². The Morgan fingerprint density at radius 3 is 2.79 bits per heavy atom. The molecule has 1 aromatic carbocycles. The molecule has 0 atom stereocenters. The topological polar surface area (TPSA) is 77.6 Å². The molecule has 1 amide bonds. The van der Waals surface area contributed by atoms with Crippen molar-refractivity contribution in [1.82, 2.24) is 24.5 Å². The number of hydrogen-bond donors (Lipinski definition) is 1. The number of benzene rings is 1. The summed E-state index contributed by atoms with van der Waals surface area (Å²) in [5, 5.41) is 13.0. The number of amides is 1. The Kier molecular flexibility index (Phi) is 4.83. The van der Waals surface area contributed by atoms with Gasteiger partial charge < -0.3 is 5.32 Å². The van der Waals surface area contributed by atoms with E-state index in [1.165, 1.54) is 0 Å². The van der Waals surface area contributed by atoms with Gasteiger partial charge in [0.25, 0.3) is 5.91 Å². The standard InChI is InChI=1S/C20H19ClN6O/c1-13(2)27-19-15(11-24-27)9-16(10-22-19)20(28)25-18-7-8-23-26(18)12-14-5-3-4-6-17(14)21/h3-11,13H,12H2,1-2H3,(H,25,28). The van der Waals surface area contributed by atoms with Crippen molar-refractivity contribution in [3.63, 3.8) is 0 Å². The summed E-state index contributed by atoms with van der Waals surface area (Å²) in [4.78, 5) is 17.1. The molecule has 3 heterocycles. The molecule has 7 nitrogen and oxygen atoms in total. The molecule has 4 aromatic rings. The SMILES string of the molecule is CC(C)n1ncc2cc(C(=O)Nc3ccnn3Cc3ccccc3Cl)cnc21. The Balaban J connectivity index is 1.55. The van der Waals surface area contributed by atoms with Gasteiger partial charge in [0, 0.05) is 28.7 Å². The number of pyridine rings is 1. The highest BCUT2D eigenvalue weighted by atomic mass is 35.5. The van der Waals surface area contributed by atoms with E-state index in [9.17, 15) is 4.79 Å². The third-order valence-corrected chi connectivity index (χ3v) is 4.79. The second-order valence-electron chi connectivity index (χ2n) is 6.74. The van der Waals surface area contributed by atoms with Crippen LogP contribution in [0.3, 0.4) is 0 Å². The van der Waals surface area contributed by atoms with Gasteiger partial charge in [-0.15, -0.1) is 0 Å². The normalized spacial score (nSPS) is 11.3. The van der Waals surface area contributed by atoms with Gasteiger partial charge in [-0.25, -0.2) is 14.3 Å².